The summed E-state index contributed by atoms with van der Waals surface area (Å²) in [6.45, 7) is 5.92. The second-order valence-corrected chi connectivity index (χ2v) is 6.52. The summed E-state index contributed by atoms with van der Waals surface area (Å²) in [5.41, 5.74) is 2.37. The molecule has 5 heteroatoms. The van der Waals surface area contributed by atoms with Crippen molar-refractivity contribution in [3.05, 3.63) is 35.4 Å². The highest BCUT2D eigenvalue weighted by atomic mass is 16.5. The lowest BCUT2D eigenvalue weighted by Crippen LogP contribution is -2.39. The monoisotopic (exact) mass is 347 g/mol. The van der Waals surface area contributed by atoms with Gasteiger partial charge in [0.05, 0.1) is 19.1 Å². The predicted molar refractivity (Wildman–Crippen MR) is 96.3 cm³/mol. The number of nitrogens with zero attached hydrogens (tertiary/aromatic N) is 1. The van der Waals surface area contributed by atoms with E-state index in [2.05, 4.69) is 24.3 Å². The van der Waals surface area contributed by atoms with E-state index in [-0.39, 0.29) is 24.4 Å². The molecule has 1 aromatic carbocycles. The Bertz CT molecular complexity index is 549. The molecule has 1 fully saturated rings. The molecule has 1 amide bonds. The number of benzene rings is 1. The molecule has 2 rings (SSSR count). The van der Waals surface area contributed by atoms with Crippen LogP contribution in [0.15, 0.2) is 24.3 Å². The number of carbonyl (C=O) groups excluding carboxylic acids is 2. The largest absolute Gasteiger partial charge is 0.466 e. The van der Waals surface area contributed by atoms with Gasteiger partial charge in [0.2, 0.25) is 5.91 Å². The fraction of sp³-hybridized carbons (Fsp3) is 0.600. The van der Waals surface area contributed by atoms with Crippen molar-refractivity contribution >= 4 is 11.9 Å². The zero-order valence-electron chi connectivity index (χ0n) is 15.3. The molecule has 0 aromatic heterocycles. The topological polar surface area (TPSA) is 55.8 Å². The van der Waals surface area contributed by atoms with Crippen molar-refractivity contribution in [2.24, 2.45) is 0 Å². The van der Waals surface area contributed by atoms with Crippen LogP contribution in [0.4, 0.5) is 0 Å². The third-order valence-electron chi connectivity index (χ3n) is 4.44. The van der Waals surface area contributed by atoms with Gasteiger partial charge in [-0.1, -0.05) is 29.8 Å². The highest BCUT2D eigenvalue weighted by molar-refractivity contribution is 5.77. The Labute approximate surface area is 150 Å². The number of amides is 1. The van der Waals surface area contributed by atoms with Crippen molar-refractivity contribution in [2.75, 3.05) is 26.3 Å². The van der Waals surface area contributed by atoms with Crippen LogP contribution in [0.25, 0.3) is 0 Å². The van der Waals surface area contributed by atoms with Crippen molar-refractivity contribution in [1.82, 2.24) is 4.90 Å². The van der Waals surface area contributed by atoms with Crippen molar-refractivity contribution < 1.29 is 19.1 Å². The zero-order valence-corrected chi connectivity index (χ0v) is 15.3. The molecule has 1 saturated heterocycles. The minimum absolute atomic E-state index is 0.0698. The summed E-state index contributed by atoms with van der Waals surface area (Å²) >= 11 is 0. The number of hydrogen-bond acceptors (Lipinski definition) is 4. The first-order valence-corrected chi connectivity index (χ1v) is 9.19. The van der Waals surface area contributed by atoms with Gasteiger partial charge in [-0.3, -0.25) is 9.59 Å². The first-order chi connectivity index (χ1) is 12.1. The molecule has 1 atom stereocenters. The van der Waals surface area contributed by atoms with E-state index in [4.69, 9.17) is 9.47 Å². The van der Waals surface area contributed by atoms with E-state index in [0.29, 0.717) is 32.5 Å². The van der Waals surface area contributed by atoms with Crippen LogP contribution in [0, 0.1) is 6.92 Å². The van der Waals surface area contributed by atoms with Crippen LogP contribution in [0.2, 0.25) is 0 Å². The van der Waals surface area contributed by atoms with Gasteiger partial charge in [-0.05, 0) is 38.7 Å². The van der Waals surface area contributed by atoms with E-state index in [1.807, 2.05) is 6.92 Å². The quantitative estimate of drug-likeness (QED) is 0.645. The van der Waals surface area contributed by atoms with E-state index in [1.54, 1.807) is 11.8 Å². The molecule has 5 nitrogen and oxygen atoms in total. The summed E-state index contributed by atoms with van der Waals surface area (Å²) < 4.78 is 10.6. The molecule has 0 radical (unpaired) electrons. The first-order valence-electron chi connectivity index (χ1n) is 9.19. The standard InChI is InChI=1S/C20H29NO4/c1-3-24-20(23)12-13-21(15-18-5-4-14-25-18)19(22)11-10-17-8-6-16(2)7-9-17/h6-9,18H,3-5,10-15H2,1-2H3. The maximum atomic E-state index is 12.7. The van der Waals surface area contributed by atoms with Crippen LogP contribution in [0.5, 0.6) is 0 Å². The third-order valence-corrected chi connectivity index (χ3v) is 4.44. The lowest BCUT2D eigenvalue weighted by molar-refractivity contribution is -0.144. The minimum Gasteiger partial charge on any atom is -0.466 e. The number of esters is 1. The van der Waals surface area contributed by atoms with Crippen LogP contribution >= 0.6 is 0 Å². The lowest BCUT2D eigenvalue weighted by atomic mass is 10.1. The Balaban J connectivity index is 1.88. The second kappa shape index (κ2) is 10.2. The van der Waals surface area contributed by atoms with Crippen LogP contribution in [0.3, 0.4) is 0 Å². The smallest absolute Gasteiger partial charge is 0.307 e. The summed E-state index contributed by atoms with van der Waals surface area (Å²) in [6, 6.07) is 8.24. The molecule has 1 unspecified atom stereocenters. The number of ether oxygens (including phenoxy) is 2. The fourth-order valence-corrected chi connectivity index (χ4v) is 2.98. The van der Waals surface area contributed by atoms with Crippen molar-refractivity contribution in [3.8, 4) is 0 Å². The maximum Gasteiger partial charge on any atom is 0.307 e. The van der Waals surface area contributed by atoms with Crippen molar-refractivity contribution in [1.29, 1.82) is 0 Å². The van der Waals surface area contributed by atoms with Gasteiger partial charge in [0.25, 0.3) is 0 Å². The van der Waals surface area contributed by atoms with E-state index >= 15 is 0 Å². The SMILES string of the molecule is CCOC(=O)CCN(CC1CCCO1)C(=O)CCc1ccc(C)cc1. The molecule has 0 N–H and O–H groups in total. The number of rotatable bonds is 9. The van der Waals surface area contributed by atoms with Gasteiger partial charge < -0.3 is 14.4 Å². The van der Waals surface area contributed by atoms with Crippen LogP contribution < -0.4 is 0 Å². The molecule has 0 bridgehead atoms. The van der Waals surface area contributed by atoms with Crippen LogP contribution in [-0.2, 0) is 25.5 Å². The average Bonchev–Trinajstić information content (AvgIpc) is 3.11. The fourth-order valence-electron chi connectivity index (χ4n) is 2.98. The first kappa shape index (κ1) is 19.4. The number of aryl methyl sites for hydroxylation is 2. The highest BCUT2D eigenvalue weighted by Gasteiger charge is 2.23. The predicted octanol–water partition coefficient (Wildman–Crippen LogP) is 2.89. The highest BCUT2D eigenvalue weighted by Crippen LogP contribution is 2.15. The minimum atomic E-state index is -0.258. The summed E-state index contributed by atoms with van der Waals surface area (Å²) in [5.74, 6) is -0.188. The average molecular weight is 347 g/mol. The summed E-state index contributed by atoms with van der Waals surface area (Å²) in [6.07, 6.45) is 3.48. The second-order valence-electron chi connectivity index (χ2n) is 6.52. The van der Waals surface area contributed by atoms with E-state index in [1.165, 1.54) is 5.56 Å². The Morgan fingerprint density at radius 3 is 2.64 bits per heavy atom. The molecule has 25 heavy (non-hydrogen) atoms. The Morgan fingerprint density at radius 2 is 2.00 bits per heavy atom. The Morgan fingerprint density at radius 1 is 1.24 bits per heavy atom. The molecule has 1 aliphatic rings. The molecule has 1 aliphatic heterocycles. The van der Waals surface area contributed by atoms with Gasteiger partial charge in [0, 0.05) is 26.1 Å². The Hall–Kier alpha value is -1.88. The zero-order chi connectivity index (χ0) is 18.1. The van der Waals surface area contributed by atoms with Gasteiger partial charge in [0.15, 0.2) is 0 Å². The van der Waals surface area contributed by atoms with E-state index < -0.39 is 0 Å². The van der Waals surface area contributed by atoms with E-state index in [0.717, 1.165) is 25.0 Å². The van der Waals surface area contributed by atoms with Gasteiger partial charge in [-0.15, -0.1) is 0 Å². The lowest BCUT2D eigenvalue weighted by Gasteiger charge is -2.25. The van der Waals surface area contributed by atoms with Crippen LogP contribution in [0.1, 0.15) is 43.7 Å². The van der Waals surface area contributed by atoms with Crippen LogP contribution in [-0.4, -0.2) is 49.2 Å². The van der Waals surface area contributed by atoms with Gasteiger partial charge in [-0.25, -0.2) is 0 Å². The molecule has 138 valence electrons. The molecular weight excluding hydrogens is 318 g/mol. The van der Waals surface area contributed by atoms with Crippen molar-refractivity contribution in [2.45, 2.75) is 52.1 Å². The third kappa shape index (κ3) is 6.86. The van der Waals surface area contributed by atoms with E-state index in [9.17, 15) is 9.59 Å². The number of hydrogen-bond donors (Lipinski definition) is 0. The molecule has 0 spiro atoms. The summed E-state index contributed by atoms with van der Waals surface area (Å²) in [7, 11) is 0. The molecule has 1 aromatic rings. The van der Waals surface area contributed by atoms with Gasteiger partial charge in [0.1, 0.15) is 0 Å². The Kier molecular flexibility index (Phi) is 7.92. The molecule has 1 heterocycles. The normalized spacial score (nSPS) is 16.6. The van der Waals surface area contributed by atoms with Gasteiger partial charge in [-0.2, -0.15) is 0 Å². The van der Waals surface area contributed by atoms with Gasteiger partial charge >= 0.3 is 5.97 Å². The number of carbonyl (C=O) groups is 2. The summed E-state index contributed by atoms with van der Waals surface area (Å²) in [4.78, 5) is 26.1. The molecule has 0 aliphatic carbocycles. The molecular formula is C20H29NO4. The molecule has 0 saturated carbocycles. The summed E-state index contributed by atoms with van der Waals surface area (Å²) in [5, 5.41) is 0. The van der Waals surface area contributed by atoms with Crippen molar-refractivity contribution in [3.63, 3.8) is 0 Å². The maximum absolute atomic E-state index is 12.7.